The Hall–Kier alpha value is -1.06. The lowest BCUT2D eigenvalue weighted by atomic mass is 10.0. The fourth-order valence-electron chi connectivity index (χ4n) is 2.47. The molecule has 1 fully saturated rings. The van der Waals surface area contributed by atoms with Crippen molar-refractivity contribution in [3.63, 3.8) is 0 Å². The van der Waals surface area contributed by atoms with Gasteiger partial charge in [-0.25, -0.2) is 0 Å². The monoisotopic (exact) mass is 277 g/mol. The van der Waals surface area contributed by atoms with Crippen molar-refractivity contribution >= 4 is 0 Å². The maximum Gasteiger partial charge on any atom is 0.119 e. The van der Waals surface area contributed by atoms with Crippen LogP contribution in [0.15, 0.2) is 24.3 Å². The van der Waals surface area contributed by atoms with Gasteiger partial charge in [-0.2, -0.15) is 0 Å². The molecule has 1 aromatic rings. The number of ether oxygens (including phenoxy) is 1. The van der Waals surface area contributed by atoms with Crippen LogP contribution in [-0.2, 0) is 6.42 Å². The second kappa shape index (κ2) is 7.09. The van der Waals surface area contributed by atoms with Crippen molar-refractivity contribution in [2.24, 2.45) is 11.8 Å². The van der Waals surface area contributed by atoms with Gasteiger partial charge in [0.2, 0.25) is 0 Å². The van der Waals surface area contributed by atoms with E-state index in [2.05, 4.69) is 31.3 Å². The lowest BCUT2D eigenvalue weighted by molar-refractivity contribution is 0.119. The second-order valence-electron chi connectivity index (χ2n) is 6.22. The average molecular weight is 277 g/mol. The summed E-state index contributed by atoms with van der Waals surface area (Å²) in [5.41, 5.74) is 1.30. The highest BCUT2D eigenvalue weighted by molar-refractivity contribution is 5.29. The van der Waals surface area contributed by atoms with Crippen LogP contribution in [-0.4, -0.2) is 30.9 Å². The molecule has 3 nitrogen and oxygen atoms in total. The predicted molar refractivity (Wildman–Crippen MR) is 82.1 cm³/mol. The van der Waals surface area contributed by atoms with Crippen LogP contribution >= 0.6 is 0 Å². The van der Waals surface area contributed by atoms with Crippen molar-refractivity contribution in [3.8, 4) is 5.75 Å². The summed E-state index contributed by atoms with van der Waals surface area (Å²) in [5, 5.41) is 13.5. The molecule has 2 unspecified atom stereocenters. The van der Waals surface area contributed by atoms with E-state index in [0.717, 1.165) is 18.1 Å². The smallest absolute Gasteiger partial charge is 0.119 e. The Morgan fingerprint density at radius 2 is 2.10 bits per heavy atom. The van der Waals surface area contributed by atoms with Crippen LogP contribution < -0.4 is 10.1 Å². The number of hydrogen-bond donors (Lipinski definition) is 2. The highest BCUT2D eigenvalue weighted by Crippen LogP contribution is 2.34. The molecule has 2 rings (SSSR count). The molecule has 0 bridgehead atoms. The van der Waals surface area contributed by atoms with Gasteiger partial charge in [-0.1, -0.05) is 26.0 Å². The van der Waals surface area contributed by atoms with E-state index in [4.69, 9.17) is 4.74 Å². The van der Waals surface area contributed by atoms with Gasteiger partial charge in [0, 0.05) is 12.6 Å². The van der Waals surface area contributed by atoms with Crippen molar-refractivity contribution in [2.45, 2.75) is 45.3 Å². The summed E-state index contributed by atoms with van der Waals surface area (Å²) in [4.78, 5) is 0. The Morgan fingerprint density at radius 1 is 1.35 bits per heavy atom. The number of benzene rings is 1. The molecule has 2 N–H and O–H groups in total. The highest BCUT2D eigenvalue weighted by atomic mass is 16.5. The first-order chi connectivity index (χ1) is 9.60. The van der Waals surface area contributed by atoms with Gasteiger partial charge in [0.15, 0.2) is 0 Å². The van der Waals surface area contributed by atoms with Crippen molar-refractivity contribution in [2.75, 3.05) is 13.7 Å². The van der Waals surface area contributed by atoms with Crippen LogP contribution in [0.2, 0.25) is 0 Å². The van der Waals surface area contributed by atoms with Crippen LogP contribution in [0.1, 0.15) is 32.3 Å². The summed E-state index contributed by atoms with van der Waals surface area (Å²) in [6.07, 6.45) is 3.35. The number of aliphatic hydroxyl groups is 1. The van der Waals surface area contributed by atoms with E-state index in [9.17, 15) is 5.11 Å². The molecule has 1 saturated carbocycles. The SMILES string of the molecule is COc1cccc(CC(NCC(O)C(C)C)C2CC2)c1. The Morgan fingerprint density at radius 3 is 2.70 bits per heavy atom. The Balaban J connectivity index is 1.91. The molecule has 20 heavy (non-hydrogen) atoms. The molecule has 1 aromatic carbocycles. The van der Waals surface area contributed by atoms with E-state index >= 15 is 0 Å². The lowest BCUT2D eigenvalue weighted by Gasteiger charge is -2.22. The van der Waals surface area contributed by atoms with Crippen molar-refractivity contribution in [1.29, 1.82) is 0 Å². The number of hydrogen-bond acceptors (Lipinski definition) is 3. The first-order valence-electron chi connectivity index (χ1n) is 7.64. The third-order valence-electron chi connectivity index (χ3n) is 4.14. The second-order valence-corrected chi connectivity index (χ2v) is 6.22. The fourth-order valence-corrected chi connectivity index (χ4v) is 2.47. The van der Waals surface area contributed by atoms with Crippen LogP contribution in [0, 0.1) is 11.8 Å². The first-order valence-corrected chi connectivity index (χ1v) is 7.64. The average Bonchev–Trinajstić information content (AvgIpc) is 3.27. The molecule has 0 aromatic heterocycles. The van der Waals surface area contributed by atoms with E-state index in [1.54, 1.807) is 7.11 Å². The third kappa shape index (κ3) is 4.50. The van der Waals surface area contributed by atoms with Gasteiger partial charge < -0.3 is 15.2 Å². The standard InChI is InChI=1S/C17H27NO2/c1-12(2)17(19)11-18-16(14-7-8-14)10-13-5-4-6-15(9-13)20-3/h4-6,9,12,14,16-19H,7-8,10-11H2,1-3H3. The maximum absolute atomic E-state index is 9.94. The Kier molecular flexibility index (Phi) is 5.44. The van der Waals surface area contributed by atoms with Crippen molar-refractivity contribution in [1.82, 2.24) is 5.32 Å². The lowest BCUT2D eigenvalue weighted by Crippen LogP contribution is -2.40. The van der Waals surface area contributed by atoms with Gasteiger partial charge in [-0.05, 0) is 48.8 Å². The largest absolute Gasteiger partial charge is 0.497 e. The molecule has 1 aliphatic rings. The molecular weight excluding hydrogens is 250 g/mol. The zero-order valence-electron chi connectivity index (χ0n) is 12.8. The minimum absolute atomic E-state index is 0.262. The van der Waals surface area contributed by atoms with Gasteiger partial charge >= 0.3 is 0 Å². The van der Waals surface area contributed by atoms with Gasteiger partial charge in [0.05, 0.1) is 13.2 Å². The molecule has 2 atom stereocenters. The predicted octanol–water partition coefficient (Wildman–Crippen LogP) is 2.62. The van der Waals surface area contributed by atoms with Gasteiger partial charge in [0.25, 0.3) is 0 Å². The summed E-state index contributed by atoms with van der Waals surface area (Å²) in [7, 11) is 1.70. The molecular formula is C17H27NO2. The minimum atomic E-state index is -0.262. The Labute approximate surface area is 122 Å². The van der Waals surface area contributed by atoms with Crippen LogP contribution in [0.3, 0.4) is 0 Å². The van der Waals surface area contributed by atoms with E-state index < -0.39 is 0 Å². The number of methoxy groups -OCH3 is 1. The molecule has 0 aliphatic heterocycles. The molecule has 0 radical (unpaired) electrons. The summed E-state index contributed by atoms with van der Waals surface area (Å²) in [6.45, 7) is 4.80. The fraction of sp³-hybridized carbons (Fsp3) is 0.647. The number of aliphatic hydroxyl groups excluding tert-OH is 1. The number of rotatable bonds is 8. The molecule has 0 spiro atoms. The molecule has 1 aliphatic carbocycles. The number of nitrogens with one attached hydrogen (secondary N) is 1. The van der Waals surface area contributed by atoms with E-state index in [-0.39, 0.29) is 6.10 Å². The van der Waals surface area contributed by atoms with E-state index in [0.29, 0.717) is 18.5 Å². The normalized spacial score (nSPS) is 18.1. The quantitative estimate of drug-likeness (QED) is 0.767. The highest BCUT2D eigenvalue weighted by Gasteiger charge is 2.31. The third-order valence-corrected chi connectivity index (χ3v) is 4.14. The van der Waals surface area contributed by atoms with Gasteiger partial charge in [-0.3, -0.25) is 0 Å². The van der Waals surface area contributed by atoms with Gasteiger partial charge in [0.1, 0.15) is 5.75 Å². The Bertz CT molecular complexity index is 415. The molecule has 0 saturated heterocycles. The zero-order chi connectivity index (χ0) is 14.5. The van der Waals surface area contributed by atoms with Crippen LogP contribution in [0.4, 0.5) is 0 Å². The van der Waals surface area contributed by atoms with Crippen molar-refractivity contribution in [3.05, 3.63) is 29.8 Å². The van der Waals surface area contributed by atoms with E-state index in [1.165, 1.54) is 18.4 Å². The van der Waals surface area contributed by atoms with E-state index in [1.807, 2.05) is 12.1 Å². The molecule has 0 amide bonds. The van der Waals surface area contributed by atoms with Gasteiger partial charge in [-0.15, -0.1) is 0 Å². The summed E-state index contributed by atoms with van der Waals surface area (Å²) in [6, 6.07) is 8.75. The van der Waals surface area contributed by atoms with Crippen LogP contribution in [0.5, 0.6) is 5.75 Å². The minimum Gasteiger partial charge on any atom is -0.497 e. The zero-order valence-corrected chi connectivity index (χ0v) is 12.8. The molecule has 0 heterocycles. The maximum atomic E-state index is 9.94. The van der Waals surface area contributed by atoms with Crippen LogP contribution in [0.25, 0.3) is 0 Å². The van der Waals surface area contributed by atoms with Crippen molar-refractivity contribution < 1.29 is 9.84 Å². The molecule has 3 heteroatoms. The first kappa shape index (κ1) is 15.3. The topological polar surface area (TPSA) is 41.5 Å². The summed E-state index contributed by atoms with van der Waals surface area (Å²) >= 11 is 0. The summed E-state index contributed by atoms with van der Waals surface area (Å²) in [5.74, 6) is 1.99. The molecule has 112 valence electrons. The summed E-state index contributed by atoms with van der Waals surface area (Å²) < 4.78 is 5.28.